The van der Waals surface area contributed by atoms with Gasteiger partial charge in [-0.2, -0.15) is 0 Å². The molecule has 23 heavy (non-hydrogen) atoms. The van der Waals surface area contributed by atoms with Gasteiger partial charge >= 0.3 is 0 Å². The summed E-state index contributed by atoms with van der Waals surface area (Å²) in [5, 5.41) is 6.67. The van der Waals surface area contributed by atoms with Crippen LogP contribution in [0.1, 0.15) is 53.4 Å². The molecule has 1 fully saturated rings. The van der Waals surface area contributed by atoms with Gasteiger partial charge in [0, 0.05) is 25.7 Å². The fraction of sp³-hybridized carbons (Fsp3) is 0.938. The van der Waals surface area contributed by atoms with E-state index in [-0.39, 0.29) is 12.3 Å². The molecule has 2 N–H and O–H groups in total. The van der Waals surface area contributed by atoms with Crippen molar-refractivity contribution in [3.8, 4) is 0 Å². The largest absolute Gasteiger partial charge is 0.357 e. The molecule has 1 aliphatic carbocycles. The molecule has 0 amide bonds. The fourth-order valence-electron chi connectivity index (χ4n) is 2.94. The van der Waals surface area contributed by atoms with Crippen LogP contribution in [-0.2, 0) is 10.0 Å². The molecule has 1 saturated carbocycles. The van der Waals surface area contributed by atoms with E-state index in [0.717, 1.165) is 31.3 Å². The maximum absolute atomic E-state index is 12.2. The maximum Gasteiger partial charge on any atom is 0.215 e. The van der Waals surface area contributed by atoms with Gasteiger partial charge in [-0.15, -0.1) is 0 Å². The van der Waals surface area contributed by atoms with Crippen LogP contribution in [0.15, 0.2) is 4.99 Å². The molecule has 0 spiro atoms. The molecular weight excluding hydrogens is 312 g/mol. The van der Waals surface area contributed by atoms with Crippen LogP contribution in [0.3, 0.4) is 0 Å². The summed E-state index contributed by atoms with van der Waals surface area (Å²) in [6.45, 7) is 10.1. The van der Waals surface area contributed by atoms with Crippen LogP contribution in [0, 0.1) is 5.92 Å². The molecule has 1 aliphatic rings. The molecule has 0 aromatic heterocycles. The summed E-state index contributed by atoms with van der Waals surface area (Å²) in [7, 11) is -3.20. The lowest BCUT2D eigenvalue weighted by molar-refractivity contribution is 0.329. The molecule has 6 nitrogen and oxygen atoms in total. The zero-order valence-corrected chi connectivity index (χ0v) is 16.0. The normalized spacial score (nSPS) is 23.1. The zero-order chi connectivity index (χ0) is 17.3. The second-order valence-corrected chi connectivity index (χ2v) is 8.35. The lowest BCUT2D eigenvalue weighted by atomic mass is 9.87. The highest BCUT2D eigenvalue weighted by Crippen LogP contribution is 2.23. The number of hydrogen-bond donors (Lipinski definition) is 2. The molecule has 0 aromatic carbocycles. The molecule has 0 unspecified atom stereocenters. The topological polar surface area (TPSA) is 73.8 Å². The van der Waals surface area contributed by atoms with Gasteiger partial charge in [-0.25, -0.2) is 12.7 Å². The molecular formula is C16H34N4O2S. The Kier molecular flexibility index (Phi) is 8.91. The maximum atomic E-state index is 12.2. The number of rotatable bonds is 8. The van der Waals surface area contributed by atoms with Gasteiger partial charge in [0.15, 0.2) is 5.96 Å². The summed E-state index contributed by atoms with van der Waals surface area (Å²) in [5.74, 6) is 1.61. The van der Waals surface area contributed by atoms with Crippen LogP contribution in [0.25, 0.3) is 0 Å². The Hall–Kier alpha value is -0.820. The molecule has 0 heterocycles. The molecule has 0 aromatic rings. The van der Waals surface area contributed by atoms with Gasteiger partial charge in [0.1, 0.15) is 0 Å². The average Bonchev–Trinajstić information content (AvgIpc) is 2.50. The first-order chi connectivity index (χ1) is 10.9. The van der Waals surface area contributed by atoms with Crippen molar-refractivity contribution < 1.29 is 8.42 Å². The first-order valence-corrected chi connectivity index (χ1v) is 10.6. The Balaban J connectivity index is 2.54. The zero-order valence-electron chi connectivity index (χ0n) is 15.1. The van der Waals surface area contributed by atoms with Crippen molar-refractivity contribution in [3.05, 3.63) is 0 Å². The molecule has 136 valence electrons. The van der Waals surface area contributed by atoms with Gasteiger partial charge in [-0.1, -0.05) is 20.8 Å². The Morgan fingerprint density at radius 1 is 1.13 bits per heavy atom. The van der Waals surface area contributed by atoms with Gasteiger partial charge in [0.2, 0.25) is 10.0 Å². The highest BCUT2D eigenvalue weighted by molar-refractivity contribution is 7.89. The molecule has 0 atom stereocenters. The highest BCUT2D eigenvalue weighted by atomic mass is 32.2. The van der Waals surface area contributed by atoms with Crippen LogP contribution in [0.5, 0.6) is 0 Å². The van der Waals surface area contributed by atoms with Crippen LogP contribution < -0.4 is 10.6 Å². The van der Waals surface area contributed by atoms with Gasteiger partial charge in [0.25, 0.3) is 0 Å². The van der Waals surface area contributed by atoms with Gasteiger partial charge in [0.05, 0.1) is 12.3 Å². The van der Waals surface area contributed by atoms with Gasteiger partial charge < -0.3 is 10.6 Å². The third-order valence-corrected chi connectivity index (χ3v) is 6.42. The molecule has 7 heteroatoms. The van der Waals surface area contributed by atoms with E-state index in [0.29, 0.717) is 19.1 Å². The fourth-order valence-corrected chi connectivity index (χ4v) is 4.30. The number of guanidine groups is 1. The van der Waals surface area contributed by atoms with E-state index >= 15 is 0 Å². The predicted molar refractivity (Wildman–Crippen MR) is 97.2 cm³/mol. The number of nitrogens with zero attached hydrogens (tertiary/aromatic N) is 2. The first kappa shape index (κ1) is 20.2. The lowest BCUT2D eigenvalue weighted by Gasteiger charge is -2.28. The average molecular weight is 347 g/mol. The van der Waals surface area contributed by atoms with Crippen molar-refractivity contribution in [1.29, 1.82) is 0 Å². The number of aliphatic imine (C=N–C) groups is 1. The van der Waals surface area contributed by atoms with Crippen molar-refractivity contribution in [1.82, 2.24) is 14.9 Å². The van der Waals surface area contributed by atoms with Crippen molar-refractivity contribution >= 4 is 16.0 Å². The Morgan fingerprint density at radius 3 is 2.26 bits per heavy atom. The quantitative estimate of drug-likeness (QED) is 0.519. The molecule has 0 saturated heterocycles. The highest BCUT2D eigenvalue weighted by Gasteiger charge is 2.20. The van der Waals surface area contributed by atoms with E-state index in [2.05, 4.69) is 22.5 Å². The van der Waals surface area contributed by atoms with E-state index in [4.69, 9.17) is 0 Å². The first-order valence-electron chi connectivity index (χ1n) is 8.95. The van der Waals surface area contributed by atoms with E-state index in [1.807, 2.05) is 20.8 Å². The summed E-state index contributed by atoms with van der Waals surface area (Å²) in [5.41, 5.74) is 0. The molecule has 0 aliphatic heterocycles. The minimum Gasteiger partial charge on any atom is -0.357 e. The second kappa shape index (κ2) is 10.1. The van der Waals surface area contributed by atoms with Crippen molar-refractivity contribution in [2.24, 2.45) is 10.9 Å². The minimum atomic E-state index is -3.20. The Morgan fingerprint density at radius 2 is 1.74 bits per heavy atom. The third-order valence-electron chi connectivity index (χ3n) is 4.42. The third kappa shape index (κ3) is 7.08. The second-order valence-electron chi connectivity index (χ2n) is 6.26. The number of hydrogen-bond acceptors (Lipinski definition) is 3. The summed E-state index contributed by atoms with van der Waals surface area (Å²) in [6.07, 6.45) is 4.80. The summed E-state index contributed by atoms with van der Waals surface area (Å²) in [6, 6.07) is 0.448. The standard InChI is InChI=1S/C16H34N4O2S/c1-5-17-16(19-15-10-8-14(4)9-11-15)18-12-13-23(21,22)20(6-2)7-3/h14-15H,5-13H2,1-4H3,(H2,17,18,19). The SMILES string of the molecule is CCNC(=NCCS(=O)(=O)N(CC)CC)NC1CCC(C)CC1. The van der Waals surface area contributed by atoms with E-state index < -0.39 is 10.0 Å². The van der Waals surface area contributed by atoms with Crippen LogP contribution in [-0.4, -0.2) is 56.7 Å². The van der Waals surface area contributed by atoms with Crippen LogP contribution in [0.4, 0.5) is 0 Å². The summed E-state index contributed by atoms with van der Waals surface area (Å²) < 4.78 is 25.8. The minimum absolute atomic E-state index is 0.0625. The van der Waals surface area contributed by atoms with Gasteiger partial charge in [-0.3, -0.25) is 4.99 Å². The summed E-state index contributed by atoms with van der Waals surface area (Å²) in [4.78, 5) is 4.45. The van der Waals surface area contributed by atoms with Crippen LogP contribution in [0.2, 0.25) is 0 Å². The van der Waals surface area contributed by atoms with E-state index in [1.54, 1.807) is 0 Å². The smallest absolute Gasteiger partial charge is 0.215 e. The lowest BCUT2D eigenvalue weighted by Crippen LogP contribution is -2.45. The Labute approximate surface area is 142 Å². The van der Waals surface area contributed by atoms with Crippen LogP contribution >= 0.6 is 0 Å². The predicted octanol–water partition coefficient (Wildman–Crippen LogP) is 1.79. The monoisotopic (exact) mass is 346 g/mol. The van der Waals surface area contributed by atoms with Crippen molar-refractivity contribution in [3.63, 3.8) is 0 Å². The molecule has 1 rings (SSSR count). The molecule has 0 radical (unpaired) electrons. The van der Waals surface area contributed by atoms with E-state index in [1.165, 1.54) is 17.1 Å². The number of nitrogens with one attached hydrogen (secondary N) is 2. The summed E-state index contributed by atoms with van der Waals surface area (Å²) >= 11 is 0. The van der Waals surface area contributed by atoms with Crippen molar-refractivity contribution in [2.45, 2.75) is 59.4 Å². The van der Waals surface area contributed by atoms with Gasteiger partial charge in [-0.05, 0) is 38.5 Å². The number of sulfonamides is 1. The Bertz CT molecular complexity index is 453. The van der Waals surface area contributed by atoms with Crippen molar-refractivity contribution in [2.75, 3.05) is 31.9 Å². The van der Waals surface area contributed by atoms with E-state index in [9.17, 15) is 8.42 Å². The molecule has 0 bridgehead atoms.